The highest BCUT2D eigenvalue weighted by molar-refractivity contribution is 9.10. The van der Waals surface area contributed by atoms with Gasteiger partial charge in [-0.2, -0.15) is 11.3 Å². The van der Waals surface area contributed by atoms with Gasteiger partial charge in [-0.05, 0) is 75.4 Å². The van der Waals surface area contributed by atoms with Gasteiger partial charge in [-0.15, -0.1) is 0 Å². The van der Waals surface area contributed by atoms with Crippen molar-refractivity contribution in [3.05, 3.63) is 50.6 Å². The molecule has 0 radical (unpaired) electrons. The van der Waals surface area contributed by atoms with Gasteiger partial charge in [0.2, 0.25) is 0 Å². The van der Waals surface area contributed by atoms with E-state index in [9.17, 15) is 0 Å². The summed E-state index contributed by atoms with van der Waals surface area (Å²) in [6, 6.07) is 8.88. The number of hydrogen-bond acceptors (Lipinski definition) is 3. The number of methoxy groups -OCH3 is 1. The fourth-order valence-corrected chi connectivity index (χ4v) is 3.47. The largest absolute Gasteiger partial charge is 0.496 e. The van der Waals surface area contributed by atoms with Crippen LogP contribution in [0, 0.1) is 0 Å². The van der Waals surface area contributed by atoms with E-state index in [2.05, 4.69) is 57.1 Å². The minimum absolute atomic E-state index is 0.376. The van der Waals surface area contributed by atoms with Gasteiger partial charge in [0.1, 0.15) is 5.75 Å². The van der Waals surface area contributed by atoms with Crippen LogP contribution in [0.25, 0.3) is 0 Å². The van der Waals surface area contributed by atoms with Crippen molar-refractivity contribution < 1.29 is 4.74 Å². The highest BCUT2D eigenvalue weighted by atomic mass is 79.9. The highest BCUT2D eigenvalue weighted by Gasteiger charge is 2.13. The zero-order valence-corrected chi connectivity index (χ0v) is 14.3. The topological polar surface area (TPSA) is 21.3 Å². The maximum Gasteiger partial charge on any atom is 0.133 e. The Morgan fingerprint density at radius 2 is 2.20 bits per heavy atom. The molecule has 0 saturated carbocycles. The molecular weight excluding hydrogens is 334 g/mol. The summed E-state index contributed by atoms with van der Waals surface area (Å²) in [7, 11) is 1.69. The summed E-state index contributed by atoms with van der Waals surface area (Å²) in [6.45, 7) is 3.24. The molecule has 0 saturated heterocycles. The average molecular weight is 354 g/mol. The van der Waals surface area contributed by atoms with Crippen molar-refractivity contribution >= 4 is 27.3 Å². The zero-order chi connectivity index (χ0) is 14.4. The molecule has 0 fully saturated rings. The standard InChI is InChI=1S/C16H20BrNOS/c1-3-7-18-15(13-6-8-20-11-13)10-12-4-5-16(19-2)14(17)9-12/h4-6,8-9,11,15,18H,3,7,10H2,1-2H3. The van der Waals surface area contributed by atoms with E-state index in [0.29, 0.717) is 6.04 Å². The SMILES string of the molecule is CCCNC(Cc1ccc(OC)c(Br)c1)c1ccsc1. The second kappa shape index (κ2) is 7.81. The Bertz CT molecular complexity index is 527. The monoisotopic (exact) mass is 353 g/mol. The summed E-state index contributed by atoms with van der Waals surface area (Å²) in [5.74, 6) is 0.877. The van der Waals surface area contributed by atoms with E-state index < -0.39 is 0 Å². The van der Waals surface area contributed by atoms with Crippen molar-refractivity contribution in [2.45, 2.75) is 25.8 Å². The molecule has 0 amide bonds. The molecule has 1 atom stereocenters. The molecule has 0 aliphatic carbocycles. The minimum atomic E-state index is 0.376. The van der Waals surface area contributed by atoms with Gasteiger partial charge in [0.25, 0.3) is 0 Å². The van der Waals surface area contributed by atoms with Gasteiger partial charge in [-0.25, -0.2) is 0 Å². The zero-order valence-electron chi connectivity index (χ0n) is 11.9. The first-order valence-corrected chi connectivity index (χ1v) is 8.56. The predicted octanol–water partition coefficient (Wildman–Crippen LogP) is 4.80. The Labute approximate surface area is 133 Å². The lowest BCUT2D eigenvalue weighted by Gasteiger charge is -2.18. The van der Waals surface area contributed by atoms with E-state index >= 15 is 0 Å². The van der Waals surface area contributed by atoms with E-state index in [0.717, 1.165) is 29.6 Å². The molecule has 2 nitrogen and oxygen atoms in total. The normalized spacial score (nSPS) is 12.3. The number of ether oxygens (including phenoxy) is 1. The third kappa shape index (κ3) is 4.08. The Kier molecular flexibility index (Phi) is 6.07. The van der Waals surface area contributed by atoms with Crippen LogP contribution in [0.1, 0.15) is 30.5 Å². The van der Waals surface area contributed by atoms with Gasteiger partial charge in [0.05, 0.1) is 11.6 Å². The molecule has 1 N–H and O–H groups in total. The number of halogens is 1. The number of rotatable bonds is 7. The van der Waals surface area contributed by atoms with E-state index in [-0.39, 0.29) is 0 Å². The van der Waals surface area contributed by atoms with Gasteiger partial charge in [0.15, 0.2) is 0 Å². The fourth-order valence-electron chi connectivity index (χ4n) is 2.17. The van der Waals surface area contributed by atoms with E-state index in [1.165, 1.54) is 11.1 Å². The Hall–Kier alpha value is -0.840. The summed E-state index contributed by atoms with van der Waals surface area (Å²) in [5, 5.41) is 8.00. The van der Waals surface area contributed by atoms with Crippen LogP contribution in [-0.2, 0) is 6.42 Å². The van der Waals surface area contributed by atoms with Crippen molar-refractivity contribution in [1.82, 2.24) is 5.32 Å². The van der Waals surface area contributed by atoms with Crippen molar-refractivity contribution in [2.24, 2.45) is 0 Å². The summed E-state index contributed by atoms with van der Waals surface area (Å²) in [6.07, 6.45) is 2.13. The third-order valence-corrected chi connectivity index (χ3v) is 4.56. The first kappa shape index (κ1) is 15.5. The van der Waals surface area contributed by atoms with Crippen LogP contribution >= 0.6 is 27.3 Å². The predicted molar refractivity (Wildman–Crippen MR) is 89.8 cm³/mol. The van der Waals surface area contributed by atoms with Gasteiger partial charge in [0, 0.05) is 6.04 Å². The lowest BCUT2D eigenvalue weighted by molar-refractivity contribution is 0.412. The summed E-state index contributed by atoms with van der Waals surface area (Å²) in [4.78, 5) is 0. The molecule has 0 spiro atoms. The van der Waals surface area contributed by atoms with Crippen LogP contribution in [-0.4, -0.2) is 13.7 Å². The Balaban J connectivity index is 2.13. The van der Waals surface area contributed by atoms with Gasteiger partial charge in [-0.1, -0.05) is 13.0 Å². The molecule has 4 heteroatoms. The lowest BCUT2D eigenvalue weighted by atomic mass is 10.0. The van der Waals surface area contributed by atoms with Crippen molar-refractivity contribution in [3.63, 3.8) is 0 Å². The second-order valence-corrected chi connectivity index (χ2v) is 6.37. The van der Waals surface area contributed by atoms with Gasteiger partial charge in [-0.3, -0.25) is 0 Å². The van der Waals surface area contributed by atoms with Gasteiger partial charge >= 0.3 is 0 Å². The molecule has 0 aliphatic heterocycles. The second-order valence-electron chi connectivity index (χ2n) is 4.74. The molecule has 1 unspecified atom stereocenters. The minimum Gasteiger partial charge on any atom is -0.496 e. The number of thiophene rings is 1. The number of hydrogen-bond donors (Lipinski definition) is 1. The molecule has 2 aromatic rings. The first-order chi connectivity index (χ1) is 9.74. The third-order valence-electron chi connectivity index (χ3n) is 3.24. The maximum atomic E-state index is 5.28. The highest BCUT2D eigenvalue weighted by Crippen LogP contribution is 2.28. The molecular formula is C16H20BrNOS. The molecule has 1 aromatic heterocycles. The van der Waals surface area contributed by atoms with Crippen LogP contribution in [0.5, 0.6) is 5.75 Å². The molecule has 2 rings (SSSR count). The van der Waals surface area contributed by atoms with Gasteiger partial charge < -0.3 is 10.1 Å². The van der Waals surface area contributed by atoms with E-state index in [1.807, 2.05) is 6.07 Å². The van der Waals surface area contributed by atoms with Crippen LogP contribution in [0.15, 0.2) is 39.5 Å². The first-order valence-electron chi connectivity index (χ1n) is 6.82. The van der Waals surface area contributed by atoms with Crippen LogP contribution < -0.4 is 10.1 Å². The molecule has 1 aromatic carbocycles. The quantitative estimate of drug-likeness (QED) is 0.771. The number of benzene rings is 1. The van der Waals surface area contributed by atoms with Crippen LogP contribution in [0.2, 0.25) is 0 Å². The molecule has 108 valence electrons. The van der Waals surface area contributed by atoms with Crippen molar-refractivity contribution in [1.29, 1.82) is 0 Å². The van der Waals surface area contributed by atoms with Crippen molar-refractivity contribution in [3.8, 4) is 5.75 Å². The maximum absolute atomic E-state index is 5.28. The lowest BCUT2D eigenvalue weighted by Crippen LogP contribution is -2.23. The molecule has 1 heterocycles. The van der Waals surface area contributed by atoms with Crippen molar-refractivity contribution in [2.75, 3.05) is 13.7 Å². The smallest absolute Gasteiger partial charge is 0.133 e. The fraction of sp³-hybridized carbons (Fsp3) is 0.375. The van der Waals surface area contributed by atoms with E-state index in [1.54, 1.807) is 18.4 Å². The van der Waals surface area contributed by atoms with E-state index in [4.69, 9.17) is 4.74 Å². The summed E-state index contributed by atoms with van der Waals surface area (Å²) in [5.41, 5.74) is 2.67. The summed E-state index contributed by atoms with van der Waals surface area (Å²) >= 11 is 5.31. The Morgan fingerprint density at radius 3 is 2.80 bits per heavy atom. The van der Waals surface area contributed by atoms with Crippen LogP contribution in [0.3, 0.4) is 0 Å². The summed E-state index contributed by atoms with van der Waals surface area (Å²) < 4.78 is 6.29. The van der Waals surface area contributed by atoms with Crippen LogP contribution in [0.4, 0.5) is 0 Å². The molecule has 20 heavy (non-hydrogen) atoms. The molecule has 0 aliphatic rings. The average Bonchev–Trinajstić information content (AvgIpc) is 2.97. The Morgan fingerprint density at radius 1 is 1.35 bits per heavy atom. The number of nitrogens with one attached hydrogen (secondary N) is 1. The molecule has 0 bridgehead atoms.